The van der Waals surface area contributed by atoms with Crippen molar-refractivity contribution in [1.82, 2.24) is 19.7 Å². The molecule has 2 aromatic carbocycles. The van der Waals surface area contributed by atoms with Gasteiger partial charge in [0.05, 0.1) is 15.7 Å². The molecule has 8 heteroatoms. The number of aromatic hydroxyl groups is 1. The highest BCUT2D eigenvalue weighted by atomic mass is 35.5. The molecule has 4 rings (SSSR count). The van der Waals surface area contributed by atoms with Crippen molar-refractivity contribution in [2.24, 2.45) is 5.92 Å². The maximum absolute atomic E-state index is 12.8. The Morgan fingerprint density at radius 3 is 2.41 bits per heavy atom. The zero-order chi connectivity index (χ0) is 20.4. The predicted octanol–water partition coefficient (Wildman–Crippen LogP) is 4.37. The first-order chi connectivity index (χ1) is 14.0. The second kappa shape index (κ2) is 8.43. The number of likely N-dealkylation sites (tertiary alicyclic amines) is 1. The molecule has 0 aliphatic carbocycles. The van der Waals surface area contributed by atoms with Crippen LogP contribution in [0.15, 0.2) is 48.8 Å². The number of hydrogen-bond donors (Lipinski definition) is 1. The largest absolute Gasteiger partial charge is 0.505 e. The topological polar surface area (TPSA) is 71.2 Å². The van der Waals surface area contributed by atoms with Crippen LogP contribution in [0.1, 0.15) is 29.0 Å². The molecule has 1 N–H and O–H groups in total. The molecule has 0 bridgehead atoms. The summed E-state index contributed by atoms with van der Waals surface area (Å²) >= 11 is 11.9. The van der Waals surface area contributed by atoms with E-state index in [1.165, 1.54) is 28.7 Å². The van der Waals surface area contributed by atoms with Gasteiger partial charge in [-0.25, -0.2) is 9.67 Å². The van der Waals surface area contributed by atoms with Crippen LogP contribution in [-0.4, -0.2) is 43.8 Å². The standard InChI is InChI=1S/C21H20Cl2N4O2/c22-17-11-16(12-18(23)19(17)28)27-13-24-20(25-27)21(29)26-8-6-15(7-9-26)10-14-4-2-1-3-5-14/h1-5,11-13,15,28H,6-10H2. The molecule has 0 spiro atoms. The summed E-state index contributed by atoms with van der Waals surface area (Å²) in [6, 6.07) is 13.5. The van der Waals surface area contributed by atoms with Crippen LogP contribution in [0.2, 0.25) is 10.0 Å². The molecule has 0 atom stereocenters. The van der Waals surface area contributed by atoms with Gasteiger partial charge in [-0.3, -0.25) is 4.79 Å². The molecule has 6 nitrogen and oxygen atoms in total. The monoisotopic (exact) mass is 430 g/mol. The normalized spacial score (nSPS) is 14.9. The van der Waals surface area contributed by atoms with Crippen molar-refractivity contribution < 1.29 is 9.90 Å². The van der Waals surface area contributed by atoms with Crippen LogP contribution in [0.3, 0.4) is 0 Å². The van der Waals surface area contributed by atoms with Crippen LogP contribution >= 0.6 is 23.2 Å². The average Bonchev–Trinajstić information content (AvgIpc) is 3.23. The van der Waals surface area contributed by atoms with Crippen LogP contribution in [0.4, 0.5) is 0 Å². The zero-order valence-electron chi connectivity index (χ0n) is 15.6. The van der Waals surface area contributed by atoms with Crippen molar-refractivity contribution in [2.45, 2.75) is 19.3 Å². The second-order valence-corrected chi connectivity index (χ2v) is 8.01. The fraction of sp³-hybridized carbons (Fsp3) is 0.286. The first-order valence-electron chi connectivity index (χ1n) is 9.44. The first kappa shape index (κ1) is 19.7. The van der Waals surface area contributed by atoms with Gasteiger partial charge in [-0.05, 0) is 42.9 Å². The minimum Gasteiger partial charge on any atom is -0.505 e. The number of phenolic OH excluding ortho intramolecular Hbond substituents is 1. The van der Waals surface area contributed by atoms with Gasteiger partial charge < -0.3 is 10.0 Å². The van der Waals surface area contributed by atoms with Crippen molar-refractivity contribution in [2.75, 3.05) is 13.1 Å². The van der Waals surface area contributed by atoms with Gasteiger partial charge in [-0.15, -0.1) is 5.10 Å². The number of carbonyl (C=O) groups excluding carboxylic acids is 1. The van der Waals surface area contributed by atoms with Gasteiger partial charge in [0, 0.05) is 13.1 Å². The number of aromatic nitrogens is 3. The number of nitrogens with zero attached hydrogens (tertiary/aromatic N) is 4. The number of carbonyl (C=O) groups is 1. The SMILES string of the molecule is O=C(c1ncn(-c2cc(Cl)c(O)c(Cl)c2)n1)N1CCC(Cc2ccccc2)CC1. The molecule has 1 aliphatic rings. The summed E-state index contributed by atoms with van der Waals surface area (Å²) in [5.74, 6) is 0.338. The number of amides is 1. The third-order valence-corrected chi connectivity index (χ3v) is 5.79. The van der Waals surface area contributed by atoms with E-state index in [0.29, 0.717) is 24.7 Å². The summed E-state index contributed by atoms with van der Waals surface area (Å²) in [6.07, 6.45) is 4.40. The molecule has 1 aliphatic heterocycles. The zero-order valence-corrected chi connectivity index (χ0v) is 17.1. The predicted molar refractivity (Wildman–Crippen MR) is 112 cm³/mol. The highest BCUT2D eigenvalue weighted by Gasteiger charge is 2.26. The van der Waals surface area contributed by atoms with Gasteiger partial charge in [0.2, 0.25) is 5.82 Å². The number of hydrogen-bond acceptors (Lipinski definition) is 4. The summed E-state index contributed by atoms with van der Waals surface area (Å²) in [7, 11) is 0. The Balaban J connectivity index is 1.40. The molecule has 1 amide bonds. The lowest BCUT2D eigenvalue weighted by Crippen LogP contribution is -2.39. The Morgan fingerprint density at radius 1 is 1.10 bits per heavy atom. The number of benzene rings is 2. The Hall–Kier alpha value is -2.57. The molecule has 0 radical (unpaired) electrons. The fourth-order valence-electron chi connectivity index (χ4n) is 3.60. The lowest BCUT2D eigenvalue weighted by atomic mass is 9.90. The number of rotatable bonds is 4. The molecule has 0 saturated carbocycles. The third kappa shape index (κ3) is 4.38. The van der Waals surface area contributed by atoms with Gasteiger partial charge in [0.1, 0.15) is 6.33 Å². The first-order valence-corrected chi connectivity index (χ1v) is 10.2. The molecule has 1 fully saturated rings. The average molecular weight is 431 g/mol. The van der Waals surface area contributed by atoms with Crippen molar-refractivity contribution in [3.05, 3.63) is 70.2 Å². The van der Waals surface area contributed by atoms with E-state index >= 15 is 0 Å². The minimum atomic E-state index is -0.188. The van der Waals surface area contributed by atoms with Gasteiger partial charge in [0.25, 0.3) is 5.91 Å². The van der Waals surface area contributed by atoms with E-state index in [4.69, 9.17) is 23.2 Å². The van der Waals surface area contributed by atoms with Crippen molar-refractivity contribution >= 4 is 29.1 Å². The van der Waals surface area contributed by atoms with E-state index in [2.05, 4.69) is 34.3 Å². The molecule has 29 heavy (non-hydrogen) atoms. The van der Waals surface area contributed by atoms with E-state index in [0.717, 1.165) is 19.3 Å². The number of phenols is 1. The summed E-state index contributed by atoms with van der Waals surface area (Å²) in [4.78, 5) is 18.7. The van der Waals surface area contributed by atoms with Crippen LogP contribution < -0.4 is 0 Å². The highest BCUT2D eigenvalue weighted by molar-refractivity contribution is 6.37. The summed E-state index contributed by atoms with van der Waals surface area (Å²) in [5.41, 5.74) is 1.86. The highest BCUT2D eigenvalue weighted by Crippen LogP contribution is 2.33. The summed E-state index contributed by atoms with van der Waals surface area (Å²) in [6.45, 7) is 1.39. The molecular formula is C21H20Cl2N4O2. The maximum atomic E-state index is 12.8. The van der Waals surface area contributed by atoms with Crippen LogP contribution in [0.5, 0.6) is 5.75 Å². The number of piperidine rings is 1. The lowest BCUT2D eigenvalue weighted by Gasteiger charge is -2.31. The van der Waals surface area contributed by atoms with E-state index in [-0.39, 0.29) is 27.5 Å². The van der Waals surface area contributed by atoms with E-state index in [9.17, 15) is 9.90 Å². The minimum absolute atomic E-state index is 0.108. The molecule has 1 saturated heterocycles. The Labute approximate surface area is 178 Å². The molecule has 150 valence electrons. The van der Waals surface area contributed by atoms with Crippen molar-refractivity contribution in [3.63, 3.8) is 0 Å². The van der Waals surface area contributed by atoms with Gasteiger partial charge in [-0.1, -0.05) is 53.5 Å². The van der Waals surface area contributed by atoms with Crippen molar-refractivity contribution in [3.8, 4) is 11.4 Å². The Bertz CT molecular complexity index is 992. The molecule has 2 heterocycles. The number of halogens is 2. The van der Waals surface area contributed by atoms with E-state index < -0.39 is 0 Å². The van der Waals surface area contributed by atoms with Gasteiger partial charge in [-0.2, -0.15) is 0 Å². The van der Waals surface area contributed by atoms with Gasteiger partial charge in [0.15, 0.2) is 5.75 Å². The molecule has 1 aromatic heterocycles. The Morgan fingerprint density at radius 2 is 1.76 bits per heavy atom. The molecular weight excluding hydrogens is 411 g/mol. The van der Waals surface area contributed by atoms with Crippen LogP contribution in [-0.2, 0) is 6.42 Å². The third-order valence-electron chi connectivity index (χ3n) is 5.22. The summed E-state index contributed by atoms with van der Waals surface area (Å²) < 4.78 is 1.42. The summed E-state index contributed by atoms with van der Waals surface area (Å²) in [5, 5.41) is 14.2. The van der Waals surface area contributed by atoms with Crippen molar-refractivity contribution in [1.29, 1.82) is 0 Å². The quantitative estimate of drug-likeness (QED) is 0.666. The molecule has 0 unspecified atom stereocenters. The van der Waals surface area contributed by atoms with Gasteiger partial charge >= 0.3 is 0 Å². The molecule has 3 aromatic rings. The Kier molecular flexibility index (Phi) is 5.74. The van der Waals surface area contributed by atoms with E-state index in [1.807, 2.05) is 6.07 Å². The maximum Gasteiger partial charge on any atom is 0.293 e. The smallest absolute Gasteiger partial charge is 0.293 e. The van der Waals surface area contributed by atoms with E-state index in [1.54, 1.807) is 4.90 Å². The van der Waals surface area contributed by atoms with Crippen LogP contribution in [0.25, 0.3) is 5.69 Å². The second-order valence-electron chi connectivity index (χ2n) is 7.20. The lowest BCUT2D eigenvalue weighted by molar-refractivity contribution is 0.0678. The van der Waals surface area contributed by atoms with Crippen LogP contribution in [0, 0.1) is 5.92 Å². The fourth-order valence-corrected chi connectivity index (χ4v) is 4.07.